The zero-order valence-electron chi connectivity index (χ0n) is 13.4. The van der Waals surface area contributed by atoms with Crippen molar-refractivity contribution >= 4 is 37.8 Å². The van der Waals surface area contributed by atoms with Crippen LogP contribution in [0.2, 0.25) is 8.26 Å². The van der Waals surface area contributed by atoms with E-state index in [9.17, 15) is 0 Å². The van der Waals surface area contributed by atoms with Crippen molar-refractivity contribution in [3.05, 3.63) is 63.0 Å². The van der Waals surface area contributed by atoms with Gasteiger partial charge < -0.3 is 0 Å². The van der Waals surface area contributed by atoms with Gasteiger partial charge in [0.15, 0.2) is 0 Å². The number of hydrogen-bond donors (Lipinski definition) is 0. The summed E-state index contributed by atoms with van der Waals surface area (Å²) in [6.07, 6.45) is 13.2. The fourth-order valence-electron chi connectivity index (χ4n) is 4.20. The van der Waals surface area contributed by atoms with E-state index in [0.29, 0.717) is 3.63 Å². The summed E-state index contributed by atoms with van der Waals surface area (Å²) in [5, 5.41) is 0. The van der Waals surface area contributed by atoms with Gasteiger partial charge in [-0.25, -0.2) is 0 Å². The van der Waals surface area contributed by atoms with Gasteiger partial charge in [0.25, 0.3) is 0 Å². The number of rotatable bonds is 4. The molecule has 1 atom stereocenters. The second-order valence-electron chi connectivity index (χ2n) is 6.53. The fraction of sp³-hybridized carbons (Fsp3) is 0.333. The Kier molecular flexibility index (Phi) is 6.73. The summed E-state index contributed by atoms with van der Waals surface area (Å²) in [6, 6.07) is 9.03. The van der Waals surface area contributed by atoms with Gasteiger partial charge in [0, 0.05) is 0 Å². The molecule has 1 aromatic carbocycles. The molecule has 0 radical (unpaired) electrons. The van der Waals surface area contributed by atoms with E-state index in [-0.39, 0.29) is 24.8 Å². The van der Waals surface area contributed by atoms with Crippen LogP contribution >= 0.6 is 24.8 Å². The summed E-state index contributed by atoms with van der Waals surface area (Å²) in [6.45, 7) is 7.35. The molecular formula is C18H26Cl2SiZr. The monoisotopic (exact) mass is 430 g/mol. The zero-order chi connectivity index (χ0) is 14.2. The maximum Gasteiger partial charge on any atom is -0.147 e. The number of benzene rings is 1. The van der Waals surface area contributed by atoms with Crippen LogP contribution < -0.4 is 0 Å². The van der Waals surface area contributed by atoms with Crippen LogP contribution in [-0.4, -0.2) is 6.88 Å². The number of fused-ring (bicyclic) bond motifs is 1. The topological polar surface area (TPSA) is 0 Å². The Hall–Kier alpha value is 0.120. The molecule has 0 amide bonds. The van der Waals surface area contributed by atoms with Crippen molar-refractivity contribution in [3.8, 4) is 0 Å². The molecule has 0 N–H and O–H groups in total. The molecule has 2 aliphatic rings. The molecule has 0 bridgehead atoms. The Morgan fingerprint density at radius 3 is 2.41 bits per heavy atom. The van der Waals surface area contributed by atoms with Crippen molar-refractivity contribution in [3.63, 3.8) is 0 Å². The Labute approximate surface area is 149 Å². The van der Waals surface area contributed by atoms with Crippen LogP contribution in [0.3, 0.4) is 0 Å². The van der Waals surface area contributed by atoms with Crippen molar-refractivity contribution in [2.75, 3.05) is 0 Å². The molecule has 0 nitrogen and oxygen atoms in total. The molecule has 4 heteroatoms. The molecule has 22 heavy (non-hydrogen) atoms. The molecule has 0 saturated heterocycles. The maximum absolute atomic E-state index is 2.94. The summed E-state index contributed by atoms with van der Waals surface area (Å²) in [4.78, 5) is 0. The second-order valence-corrected chi connectivity index (χ2v) is 33.6. The van der Waals surface area contributed by atoms with Gasteiger partial charge >= 0.3 is 125 Å². The number of allylic oxidation sites excluding steroid dienone is 5. The number of hydrogen-bond acceptors (Lipinski definition) is 0. The van der Waals surface area contributed by atoms with Crippen LogP contribution in [0.1, 0.15) is 35.0 Å². The van der Waals surface area contributed by atoms with Gasteiger partial charge in [0.1, 0.15) is 0 Å². The van der Waals surface area contributed by atoms with Gasteiger partial charge in [-0.3, -0.25) is 0 Å². The van der Waals surface area contributed by atoms with Gasteiger partial charge in [0.05, 0.1) is 0 Å². The Morgan fingerprint density at radius 1 is 1.14 bits per heavy atom. The van der Waals surface area contributed by atoms with E-state index in [4.69, 9.17) is 0 Å². The van der Waals surface area contributed by atoms with Gasteiger partial charge in [-0.1, -0.05) is 0 Å². The van der Waals surface area contributed by atoms with Crippen LogP contribution in [0.15, 0.2) is 51.9 Å². The summed E-state index contributed by atoms with van der Waals surface area (Å²) in [5.74, 6) is 0. The quantitative estimate of drug-likeness (QED) is 0.547. The van der Waals surface area contributed by atoms with E-state index >= 15 is 0 Å². The summed E-state index contributed by atoms with van der Waals surface area (Å²) < 4.78 is 5.33. The minimum atomic E-state index is -2.94. The van der Waals surface area contributed by atoms with E-state index < -0.39 is 17.4 Å². The van der Waals surface area contributed by atoms with Gasteiger partial charge in [-0.15, -0.1) is 24.8 Å². The third kappa shape index (κ3) is 2.81. The Bertz CT molecular complexity index is 693. The second kappa shape index (κ2) is 7.34. The smallest absolute Gasteiger partial charge is 0.147 e. The molecule has 2 aliphatic carbocycles. The molecule has 0 heterocycles. The van der Waals surface area contributed by atoms with Gasteiger partial charge in [-0.05, 0) is 0 Å². The predicted octanol–water partition coefficient (Wildman–Crippen LogP) is 5.56. The minimum Gasteiger partial charge on any atom is -0.147 e. The van der Waals surface area contributed by atoms with Crippen LogP contribution in [-0.2, 0) is 17.4 Å². The Morgan fingerprint density at radius 2 is 1.82 bits per heavy atom. The Balaban J connectivity index is 0.00000121. The molecule has 0 spiro atoms. The van der Waals surface area contributed by atoms with E-state index in [2.05, 4.69) is 75.4 Å². The van der Waals surface area contributed by atoms with E-state index in [1.165, 1.54) is 20.2 Å². The first-order valence-corrected chi connectivity index (χ1v) is 19.8. The molecule has 0 fully saturated rings. The predicted molar refractivity (Wildman–Crippen MR) is 104 cm³/mol. The van der Waals surface area contributed by atoms with Crippen molar-refractivity contribution in [1.82, 2.24) is 0 Å². The fourth-order valence-corrected chi connectivity index (χ4v) is 21.6. The minimum absolute atomic E-state index is 0. The largest absolute Gasteiger partial charge is 0.147 e. The molecule has 1 aromatic rings. The third-order valence-electron chi connectivity index (χ3n) is 6.01. The van der Waals surface area contributed by atoms with Crippen molar-refractivity contribution < 1.29 is 17.4 Å². The number of halogens is 2. The van der Waals surface area contributed by atoms with Gasteiger partial charge in [0.2, 0.25) is 0 Å². The first-order chi connectivity index (χ1) is 9.63. The summed E-state index contributed by atoms with van der Waals surface area (Å²) in [5.41, 5.74) is 3.06. The summed E-state index contributed by atoms with van der Waals surface area (Å²) in [7, 11) is 0. The van der Waals surface area contributed by atoms with Crippen LogP contribution in [0.5, 0.6) is 0 Å². The van der Waals surface area contributed by atoms with Crippen molar-refractivity contribution in [2.24, 2.45) is 0 Å². The molecule has 0 aliphatic heterocycles. The van der Waals surface area contributed by atoms with Crippen LogP contribution in [0.4, 0.5) is 0 Å². The van der Waals surface area contributed by atoms with E-state index in [1.54, 1.807) is 5.56 Å². The van der Waals surface area contributed by atoms with Crippen molar-refractivity contribution in [1.29, 1.82) is 0 Å². The average molecular weight is 433 g/mol. The first kappa shape index (κ1) is 20.2. The maximum atomic E-state index is 2.54. The van der Waals surface area contributed by atoms with Gasteiger partial charge in [-0.2, -0.15) is 0 Å². The van der Waals surface area contributed by atoms with E-state index in [1.807, 2.05) is 3.28 Å². The van der Waals surface area contributed by atoms with Crippen molar-refractivity contribution in [2.45, 2.75) is 32.2 Å². The molecule has 0 aromatic heterocycles. The molecule has 120 valence electrons. The molecular weight excluding hydrogens is 406 g/mol. The summed E-state index contributed by atoms with van der Waals surface area (Å²) >= 11 is -2.94. The third-order valence-corrected chi connectivity index (χ3v) is 36.3. The standard InChI is InChI=1S/C9H7.C5H5.2C2H5.2ClH.H2Si.Zr/c1-2-5-9-7-3-6-8(9)4-1;1-2-4-5-3-1;2*1-2;;;;/h1-7H;1-3H,4H2;2*1H2,2H3;2*1H;1H2;. The zero-order valence-corrected chi connectivity index (χ0v) is 18.9. The van der Waals surface area contributed by atoms with Crippen LogP contribution in [0.25, 0.3) is 6.08 Å². The molecule has 3 rings (SSSR count). The molecule has 1 unspecified atom stereocenters. The average Bonchev–Trinajstić information content (AvgIpc) is 3.16. The normalized spacial score (nSPS) is 19.2. The molecule has 0 saturated carbocycles. The van der Waals surface area contributed by atoms with Crippen LogP contribution in [0, 0.1) is 0 Å². The SMILES string of the molecule is C[CH2][Zr](=[SiH2])([CH2]C)([C]1=CC=CC1)[CH]1C=Cc2ccccc21.Cl.Cl. The first-order valence-electron chi connectivity index (χ1n) is 7.80. The van der Waals surface area contributed by atoms with E-state index in [0.717, 1.165) is 0 Å².